The largest absolute Gasteiger partial charge is 0.501 e. The fourth-order valence-corrected chi connectivity index (χ4v) is 4.53. The van der Waals surface area contributed by atoms with Crippen molar-refractivity contribution in [3.8, 4) is 23.0 Å². The predicted octanol–water partition coefficient (Wildman–Crippen LogP) is 2.23. The Labute approximate surface area is 210 Å². The van der Waals surface area contributed by atoms with Crippen LogP contribution in [0.2, 0.25) is 0 Å². The molecule has 2 aliphatic rings. The summed E-state index contributed by atoms with van der Waals surface area (Å²) in [7, 11) is 4.77. The van der Waals surface area contributed by atoms with Crippen LogP contribution in [0.5, 0.6) is 23.0 Å². The second-order valence-electron chi connectivity index (χ2n) is 9.08. The van der Waals surface area contributed by atoms with Crippen molar-refractivity contribution in [3.05, 3.63) is 59.4 Å². The molecule has 9 nitrogen and oxygen atoms in total. The smallest absolute Gasteiger partial charge is 0.229 e. The Morgan fingerprint density at radius 1 is 0.806 bits per heavy atom. The van der Waals surface area contributed by atoms with E-state index in [0.29, 0.717) is 29.6 Å². The van der Waals surface area contributed by atoms with E-state index in [2.05, 4.69) is 0 Å². The molecule has 196 valence electrons. The lowest BCUT2D eigenvalue weighted by Gasteiger charge is -2.39. The standard InChI is InChI=1S/C27H34O9/c1-15-24(28)25(29)26(30)27(35-15)36-21-8-6-17(12-23(21)33-4)10-19-14-34-13-18(19)9-16-5-7-20(31-2)22(11-16)32-3/h5-8,11-13,15,19,24-30H,9-10,14H2,1-4H3/t15-,19-,24+,25-,26+,27-/m0/s1. The average Bonchev–Trinajstić information content (AvgIpc) is 3.32. The SMILES string of the molecule is COc1ccc(CC2=COC[C@@H]2Cc2ccc(O[C@@H]3O[C@@H](C)[C@@H](O)[C@H](O)[C@H]3O)c(OC)c2)cc1OC. The summed E-state index contributed by atoms with van der Waals surface area (Å²) in [5, 5.41) is 30.2. The summed E-state index contributed by atoms with van der Waals surface area (Å²) in [6, 6.07) is 11.4. The van der Waals surface area contributed by atoms with Crippen LogP contribution >= 0.6 is 0 Å². The Balaban J connectivity index is 1.44. The third-order valence-corrected chi connectivity index (χ3v) is 6.67. The Morgan fingerprint density at radius 2 is 1.44 bits per heavy atom. The molecule has 0 aromatic heterocycles. The summed E-state index contributed by atoms with van der Waals surface area (Å²) < 4.78 is 33.3. The van der Waals surface area contributed by atoms with Gasteiger partial charge < -0.3 is 43.7 Å². The molecule has 36 heavy (non-hydrogen) atoms. The number of aliphatic hydroxyl groups excluding tert-OH is 3. The highest BCUT2D eigenvalue weighted by molar-refractivity contribution is 5.45. The summed E-state index contributed by atoms with van der Waals surface area (Å²) in [5.41, 5.74) is 3.31. The van der Waals surface area contributed by atoms with Gasteiger partial charge in [0.25, 0.3) is 0 Å². The van der Waals surface area contributed by atoms with Crippen molar-refractivity contribution >= 4 is 0 Å². The van der Waals surface area contributed by atoms with Gasteiger partial charge in [-0.2, -0.15) is 0 Å². The third-order valence-electron chi connectivity index (χ3n) is 6.67. The van der Waals surface area contributed by atoms with Crippen LogP contribution in [0, 0.1) is 5.92 Å². The highest BCUT2D eigenvalue weighted by Gasteiger charge is 2.43. The monoisotopic (exact) mass is 502 g/mol. The van der Waals surface area contributed by atoms with E-state index in [1.165, 1.54) is 12.7 Å². The summed E-state index contributed by atoms with van der Waals surface area (Å²) in [6.45, 7) is 2.19. The molecular weight excluding hydrogens is 468 g/mol. The molecule has 0 radical (unpaired) electrons. The van der Waals surface area contributed by atoms with Crippen molar-refractivity contribution in [1.29, 1.82) is 0 Å². The molecule has 0 bridgehead atoms. The second-order valence-corrected chi connectivity index (χ2v) is 9.08. The van der Waals surface area contributed by atoms with E-state index in [1.807, 2.05) is 36.6 Å². The van der Waals surface area contributed by atoms with Gasteiger partial charge in [0.05, 0.1) is 40.3 Å². The molecule has 6 atom stereocenters. The summed E-state index contributed by atoms with van der Waals surface area (Å²) >= 11 is 0. The molecule has 2 aliphatic heterocycles. The van der Waals surface area contributed by atoms with Crippen molar-refractivity contribution in [2.45, 2.75) is 50.5 Å². The van der Waals surface area contributed by atoms with Gasteiger partial charge in [-0.25, -0.2) is 0 Å². The van der Waals surface area contributed by atoms with Gasteiger partial charge in [0.15, 0.2) is 23.0 Å². The number of ether oxygens (including phenoxy) is 6. The van der Waals surface area contributed by atoms with Crippen molar-refractivity contribution in [2.75, 3.05) is 27.9 Å². The maximum atomic E-state index is 10.3. The lowest BCUT2D eigenvalue weighted by molar-refractivity contribution is -0.268. The van der Waals surface area contributed by atoms with E-state index in [1.54, 1.807) is 27.2 Å². The van der Waals surface area contributed by atoms with Crippen molar-refractivity contribution in [2.24, 2.45) is 5.92 Å². The number of aliphatic hydroxyl groups is 3. The van der Waals surface area contributed by atoms with E-state index in [4.69, 9.17) is 28.4 Å². The van der Waals surface area contributed by atoms with Gasteiger partial charge in [0.2, 0.25) is 6.29 Å². The van der Waals surface area contributed by atoms with Crippen molar-refractivity contribution in [3.63, 3.8) is 0 Å². The van der Waals surface area contributed by atoms with Gasteiger partial charge in [-0.05, 0) is 60.7 Å². The molecule has 1 fully saturated rings. The average molecular weight is 503 g/mol. The zero-order valence-corrected chi connectivity index (χ0v) is 20.9. The van der Waals surface area contributed by atoms with Crippen LogP contribution in [0.1, 0.15) is 18.1 Å². The first kappa shape index (κ1) is 26.1. The Bertz CT molecular complexity index is 1070. The molecule has 2 aromatic rings. The molecule has 2 aromatic carbocycles. The van der Waals surface area contributed by atoms with E-state index < -0.39 is 30.7 Å². The van der Waals surface area contributed by atoms with E-state index in [0.717, 1.165) is 24.0 Å². The lowest BCUT2D eigenvalue weighted by Crippen LogP contribution is -2.58. The first-order chi connectivity index (χ1) is 17.3. The Morgan fingerprint density at radius 3 is 2.17 bits per heavy atom. The molecule has 4 rings (SSSR count). The highest BCUT2D eigenvalue weighted by atomic mass is 16.7. The minimum atomic E-state index is -1.40. The van der Waals surface area contributed by atoms with Gasteiger partial charge in [0.1, 0.15) is 18.3 Å². The first-order valence-electron chi connectivity index (χ1n) is 11.9. The fourth-order valence-electron chi connectivity index (χ4n) is 4.53. The molecular formula is C27H34O9. The van der Waals surface area contributed by atoms with E-state index >= 15 is 0 Å². The number of rotatable bonds is 9. The Hall–Kier alpha value is -2.98. The number of hydrogen-bond donors (Lipinski definition) is 3. The van der Waals surface area contributed by atoms with Gasteiger partial charge in [-0.15, -0.1) is 0 Å². The van der Waals surface area contributed by atoms with Gasteiger partial charge in [-0.1, -0.05) is 12.1 Å². The topological polar surface area (TPSA) is 116 Å². The van der Waals surface area contributed by atoms with Crippen LogP contribution in [-0.2, 0) is 22.3 Å². The van der Waals surface area contributed by atoms with Gasteiger partial charge >= 0.3 is 0 Å². The zero-order chi connectivity index (χ0) is 25.8. The van der Waals surface area contributed by atoms with E-state index in [-0.39, 0.29) is 5.92 Å². The highest BCUT2D eigenvalue weighted by Crippen LogP contribution is 2.35. The van der Waals surface area contributed by atoms with Crippen LogP contribution in [0.25, 0.3) is 0 Å². The summed E-state index contributed by atoms with van der Waals surface area (Å²) in [4.78, 5) is 0. The normalized spacial score (nSPS) is 27.7. The molecule has 0 amide bonds. The fraction of sp³-hybridized carbons (Fsp3) is 0.481. The molecule has 3 N–H and O–H groups in total. The summed E-state index contributed by atoms with van der Waals surface area (Å²) in [5.74, 6) is 2.41. The molecule has 1 saturated heterocycles. The molecule has 0 spiro atoms. The second kappa shape index (κ2) is 11.4. The minimum absolute atomic E-state index is 0.190. The maximum absolute atomic E-state index is 10.3. The number of benzene rings is 2. The molecule has 0 unspecified atom stereocenters. The van der Waals surface area contributed by atoms with Crippen molar-refractivity contribution in [1.82, 2.24) is 0 Å². The lowest BCUT2D eigenvalue weighted by atomic mass is 9.90. The van der Waals surface area contributed by atoms with Gasteiger partial charge in [0, 0.05) is 5.92 Å². The van der Waals surface area contributed by atoms with Crippen LogP contribution in [0.15, 0.2) is 48.2 Å². The predicted molar refractivity (Wildman–Crippen MR) is 130 cm³/mol. The quantitative estimate of drug-likeness (QED) is 0.475. The maximum Gasteiger partial charge on any atom is 0.229 e. The molecule has 2 heterocycles. The zero-order valence-electron chi connectivity index (χ0n) is 20.9. The molecule has 9 heteroatoms. The molecule has 0 saturated carbocycles. The van der Waals surface area contributed by atoms with Crippen LogP contribution < -0.4 is 18.9 Å². The van der Waals surface area contributed by atoms with E-state index in [9.17, 15) is 15.3 Å². The number of methoxy groups -OCH3 is 3. The van der Waals surface area contributed by atoms with Crippen LogP contribution in [0.3, 0.4) is 0 Å². The summed E-state index contributed by atoms with van der Waals surface area (Å²) in [6.07, 6.45) is -2.51. The number of hydrogen-bond acceptors (Lipinski definition) is 9. The van der Waals surface area contributed by atoms with Crippen molar-refractivity contribution < 1.29 is 43.7 Å². The minimum Gasteiger partial charge on any atom is -0.501 e. The van der Waals surface area contributed by atoms with Crippen LogP contribution in [-0.4, -0.2) is 74.0 Å². The third kappa shape index (κ3) is 5.54. The first-order valence-corrected chi connectivity index (χ1v) is 11.9. The molecule has 0 aliphatic carbocycles. The van der Waals surface area contributed by atoms with Gasteiger partial charge in [-0.3, -0.25) is 0 Å². The van der Waals surface area contributed by atoms with Crippen LogP contribution in [0.4, 0.5) is 0 Å². The Kier molecular flexibility index (Phi) is 8.25.